The summed E-state index contributed by atoms with van der Waals surface area (Å²) in [6.45, 7) is 8.36. The molecule has 1 rings (SSSR count). The van der Waals surface area contributed by atoms with Crippen molar-refractivity contribution in [2.45, 2.75) is 38.8 Å². The van der Waals surface area contributed by atoms with E-state index in [4.69, 9.17) is 4.74 Å². The molecule has 3 nitrogen and oxygen atoms in total. The fraction of sp³-hybridized carbons (Fsp3) is 1.00. The second kappa shape index (κ2) is 6.35. The summed E-state index contributed by atoms with van der Waals surface area (Å²) < 4.78 is 5.70. The van der Waals surface area contributed by atoms with Gasteiger partial charge in [-0.1, -0.05) is 13.8 Å². The van der Waals surface area contributed by atoms with E-state index >= 15 is 0 Å². The van der Waals surface area contributed by atoms with Crippen molar-refractivity contribution in [2.75, 3.05) is 26.2 Å². The predicted octanol–water partition coefficient (Wildman–Crippen LogP) is 0.753. The SMILES string of the molecule is CCCNC(CC)C1CNCCO1. The van der Waals surface area contributed by atoms with Gasteiger partial charge in [-0.2, -0.15) is 0 Å². The summed E-state index contributed by atoms with van der Waals surface area (Å²) >= 11 is 0. The molecule has 0 aliphatic carbocycles. The van der Waals surface area contributed by atoms with Crippen molar-refractivity contribution in [1.82, 2.24) is 10.6 Å². The molecule has 0 amide bonds. The average molecular weight is 186 g/mol. The molecule has 0 spiro atoms. The minimum Gasteiger partial charge on any atom is -0.374 e. The van der Waals surface area contributed by atoms with E-state index in [-0.39, 0.29) is 0 Å². The second-order valence-electron chi connectivity index (χ2n) is 3.58. The highest BCUT2D eigenvalue weighted by Gasteiger charge is 2.21. The van der Waals surface area contributed by atoms with Crippen LogP contribution in [0.2, 0.25) is 0 Å². The smallest absolute Gasteiger partial charge is 0.0852 e. The molecule has 0 radical (unpaired) electrons. The normalized spacial score (nSPS) is 25.8. The molecular weight excluding hydrogens is 164 g/mol. The average Bonchev–Trinajstić information content (AvgIpc) is 2.21. The van der Waals surface area contributed by atoms with E-state index in [1.807, 2.05) is 0 Å². The van der Waals surface area contributed by atoms with Crippen molar-refractivity contribution in [3.8, 4) is 0 Å². The van der Waals surface area contributed by atoms with E-state index < -0.39 is 0 Å². The van der Waals surface area contributed by atoms with E-state index in [0.29, 0.717) is 12.1 Å². The van der Waals surface area contributed by atoms with E-state index in [1.54, 1.807) is 0 Å². The molecule has 1 saturated heterocycles. The van der Waals surface area contributed by atoms with E-state index in [0.717, 1.165) is 32.7 Å². The number of ether oxygens (including phenoxy) is 1. The lowest BCUT2D eigenvalue weighted by atomic mass is 10.1. The van der Waals surface area contributed by atoms with Gasteiger partial charge >= 0.3 is 0 Å². The Bertz CT molecular complexity index is 124. The Kier molecular flexibility index (Phi) is 5.35. The largest absolute Gasteiger partial charge is 0.374 e. The lowest BCUT2D eigenvalue weighted by molar-refractivity contribution is 0.00361. The van der Waals surface area contributed by atoms with Crippen LogP contribution in [0.3, 0.4) is 0 Å². The third-order valence-corrected chi connectivity index (χ3v) is 2.50. The van der Waals surface area contributed by atoms with E-state index in [2.05, 4.69) is 24.5 Å². The molecule has 0 saturated carbocycles. The first-order valence-corrected chi connectivity index (χ1v) is 5.44. The highest BCUT2D eigenvalue weighted by Crippen LogP contribution is 2.05. The molecule has 1 heterocycles. The Labute approximate surface area is 81.2 Å². The zero-order chi connectivity index (χ0) is 9.52. The molecule has 0 bridgehead atoms. The third-order valence-electron chi connectivity index (χ3n) is 2.50. The van der Waals surface area contributed by atoms with Gasteiger partial charge in [0.05, 0.1) is 12.7 Å². The van der Waals surface area contributed by atoms with Gasteiger partial charge < -0.3 is 15.4 Å². The summed E-state index contributed by atoms with van der Waals surface area (Å²) in [5.41, 5.74) is 0. The van der Waals surface area contributed by atoms with Crippen LogP contribution < -0.4 is 10.6 Å². The molecule has 2 atom stereocenters. The van der Waals surface area contributed by atoms with Gasteiger partial charge in [0.2, 0.25) is 0 Å². The third kappa shape index (κ3) is 3.63. The van der Waals surface area contributed by atoms with E-state index in [1.165, 1.54) is 6.42 Å². The van der Waals surface area contributed by atoms with Gasteiger partial charge in [0.15, 0.2) is 0 Å². The molecule has 1 fully saturated rings. The Morgan fingerprint density at radius 2 is 2.38 bits per heavy atom. The molecule has 78 valence electrons. The van der Waals surface area contributed by atoms with Crippen LogP contribution in [0.5, 0.6) is 0 Å². The maximum absolute atomic E-state index is 5.70. The number of rotatable bonds is 5. The number of nitrogens with one attached hydrogen (secondary N) is 2. The molecule has 1 aliphatic heterocycles. The first-order chi connectivity index (χ1) is 6.38. The molecule has 2 unspecified atom stereocenters. The van der Waals surface area contributed by atoms with Crippen molar-refractivity contribution < 1.29 is 4.74 Å². The van der Waals surface area contributed by atoms with Crippen LogP contribution in [0.1, 0.15) is 26.7 Å². The summed E-state index contributed by atoms with van der Waals surface area (Å²) in [6, 6.07) is 0.521. The van der Waals surface area contributed by atoms with Crippen LogP contribution in [-0.4, -0.2) is 38.4 Å². The fourth-order valence-electron chi connectivity index (χ4n) is 1.71. The zero-order valence-corrected chi connectivity index (χ0v) is 8.81. The van der Waals surface area contributed by atoms with Crippen LogP contribution in [0.15, 0.2) is 0 Å². The van der Waals surface area contributed by atoms with Crippen LogP contribution in [-0.2, 0) is 4.74 Å². The summed E-state index contributed by atoms with van der Waals surface area (Å²) in [7, 11) is 0. The van der Waals surface area contributed by atoms with Gasteiger partial charge in [-0.15, -0.1) is 0 Å². The van der Waals surface area contributed by atoms with Gasteiger partial charge in [-0.3, -0.25) is 0 Å². The minimum absolute atomic E-state index is 0.366. The fourth-order valence-corrected chi connectivity index (χ4v) is 1.71. The van der Waals surface area contributed by atoms with Gasteiger partial charge in [0, 0.05) is 19.1 Å². The van der Waals surface area contributed by atoms with Gasteiger partial charge in [-0.25, -0.2) is 0 Å². The Morgan fingerprint density at radius 3 is 2.92 bits per heavy atom. The monoisotopic (exact) mass is 186 g/mol. The van der Waals surface area contributed by atoms with Crippen LogP contribution in [0, 0.1) is 0 Å². The van der Waals surface area contributed by atoms with Gasteiger partial charge in [0.25, 0.3) is 0 Å². The molecule has 0 aromatic carbocycles. The van der Waals surface area contributed by atoms with Gasteiger partial charge in [-0.05, 0) is 19.4 Å². The minimum atomic E-state index is 0.366. The molecule has 0 aromatic rings. The summed E-state index contributed by atoms with van der Waals surface area (Å²) in [6.07, 6.45) is 2.70. The summed E-state index contributed by atoms with van der Waals surface area (Å²) in [5, 5.41) is 6.88. The molecule has 1 aliphatic rings. The summed E-state index contributed by atoms with van der Waals surface area (Å²) in [5.74, 6) is 0. The van der Waals surface area contributed by atoms with Crippen molar-refractivity contribution in [2.24, 2.45) is 0 Å². The lowest BCUT2D eigenvalue weighted by Crippen LogP contribution is -2.50. The maximum atomic E-state index is 5.70. The first kappa shape index (κ1) is 11.0. The van der Waals surface area contributed by atoms with Crippen molar-refractivity contribution >= 4 is 0 Å². The highest BCUT2D eigenvalue weighted by atomic mass is 16.5. The quantitative estimate of drug-likeness (QED) is 0.665. The van der Waals surface area contributed by atoms with Crippen molar-refractivity contribution in [1.29, 1.82) is 0 Å². The summed E-state index contributed by atoms with van der Waals surface area (Å²) in [4.78, 5) is 0. The maximum Gasteiger partial charge on any atom is 0.0852 e. The topological polar surface area (TPSA) is 33.3 Å². The first-order valence-electron chi connectivity index (χ1n) is 5.44. The van der Waals surface area contributed by atoms with Gasteiger partial charge in [0.1, 0.15) is 0 Å². The van der Waals surface area contributed by atoms with Crippen LogP contribution in [0.25, 0.3) is 0 Å². The predicted molar refractivity (Wildman–Crippen MR) is 55.0 cm³/mol. The zero-order valence-electron chi connectivity index (χ0n) is 8.81. The lowest BCUT2D eigenvalue weighted by Gasteiger charge is -2.31. The number of hydrogen-bond donors (Lipinski definition) is 2. The Hall–Kier alpha value is -0.120. The van der Waals surface area contributed by atoms with Crippen molar-refractivity contribution in [3.05, 3.63) is 0 Å². The molecule has 2 N–H and O–H groups in total. The standard InChI is InChI=1S/C10H22N2O/c1-3-5-12-9(4-2)10-8-11-6-7-13-10/h9-12H,3-8H2,1-2H3. The van der Waals surface area contributed by atoms with E-state index in [9.17, 15) is 0 Å². The molecule has 0 aromatic heterocycles. The second-order valence-corrected chi connectivity index (χ2v) is 3.58. The molecule has 3 heteroatoms. The molecular formula is C10H22N2O. The Balaban J connectivity index is 2.26. The van der Waals surface area contributed by atoms with Crippen LogP contribution >= 0.6 is 0 Å². The molecule has 13 heavy (non-hydrogen) atoms. The number of hydrogen-bond acceptors (Lipinski definition) is 3. The van der Waals surface area contributed by atoms with Crippen LogP contribution in [0.4, 0.5) is 0 Å². The number of morpholine rings is 1. The Morgan fingerprint density at radius 1 is 1.54 bits per heavy atom. The highest BCUT2D eigenvalue weighted by molar-refractivity contribution is 4.80. The van der Waals surface area contributed by atoms with Crippen molar-refractivity contribution in [3.63, 3.8) is 0 Å².